The predicted molar refractivity (Wildman–Crippen MR) is 169 cm³/mol. The Hall–Kier alpha value is -4.62. The van der Waals surface area contributed by atoms with Gasteiger partial charge < -0.3 is 36.8 Å². The maximum atomic E-state index is 13.6. The number of likely N-dealkylation sites (N-methyl/N-ethyl adjacent to an activating group) is 1. The molecule has 1 aromatic rings. The summed E-state index contributed by atoms with van der Waals surface area (Å²) >= 11 is 0. The summed E-state index contributed by atoms with van der Waals surface area (Å²) in [6.45, 7) is 9.16. The minimum atomic E-state index is -1.13. The van der Waals surface area contributed by atoms with Crippen molar-refractivity contribution in [2.24, 2.45) is 22.4 Å². The van der Waals surface area contributed by atoms with E-state index < -0.39 is 53.4 Å². The molecule has 14 nitrogen and oxygen atoms in total. The van der Waals surface area contributed by atoms with E-state index in [1.807, 2.05) is 0 Å². The van der Waals surface area contributed by atoms with Crippen LogP contribution >= 0.6 is 0 Å². The second-order valence-electron chi connectivity index (χ2n) is 12.2. The number of carbonyl (C=O) groups excluding carboxylic acids is 5. The number of alkyl carbamates (subject to hydrolysis) is 1. The highest BCUT2D eigenvalue weighted by Gasteiger charge is 2.40. The van der Waals surface area contributed by atoms with E-state index in [0.29, 0.717) is 24.8 Å². The number of imide groups is 1. The van der Waals surface area contributed by atoms with Crippen LogP contribution in [0.15, 0.2) is 35.3 Å². The van der Waals surface area contributed by atoms with Crippen molar-refractivity contribution in [3.05, 3.63) is 35.9 Å². The zero-order chi connectivity index (χ0) is 33.9. The Balaban J connectivity index is 2.21. The third kappa shape index (κ3) is 11.4. The third-order valence-corrected chi connectivity index (χ3v) is 7.01. The van der Waals surface area contributed by atoms with Gasteiger partial charge in [0, 0.05) is 31.8 Å². The molecular weight excluding hydrogens is 582 g/mol. The standard InChI is InChI=1S/C31H47N7O7/c1-19(2)25(36-30(44)45-31(3,4)5)28(43)38-18-10-13-22(38)26(41)35-21(12-9-17-34-29(32)33)27(42)37(6)24(40)16-15-20-11-7-8-14-23(20)39/h7-8,11,14-16,19,21-22,25,39H,9-10,12-13,17-18H2,1-6H3,(H,35,41)(H,36,44)(H4,32,33,34)/t21-,22-,25-/m0/s1. The lowest BCUT2D eigenvalue weighted by Gasteiger charge is -2.32. The fourth-order valence-corrected chi connectivity index (χ4v) is 4.70. The van der Waals surface area contributed by atoms with Gasteiger partial charge in [0.05, 0.1) is 0 Å². The number of likely N-dealkylation sites (tertiary alicyclic amines) is 1. The summed E-state index contributed by atoms with van der Waals surface area (Å²) < 4.78 is 5.32. The van der Waals surface area contributed by atoms with E-state index in [2.05, 4.69) is 15.6 Å². The van der Waals surface area contributed by atoms with Gasteiger partial charge in [-0.3, -0.25) is 29.1 Å². The molecule has 7 N–H and O–H groups in total. The number of amides is 5. The van der Waals surface area contributed by atoms with E-state index in [9.17, 15) is 29.1 Å². The van der Waals surface area contributed by atoms with E-state index in [1.165, 1.54) is 24.1 Å². The number of phenols is 1. The highest BCUT2D eigenvalue weighted by molar-refractivity contribution is 6.05. The molecule has 0 aliphatic carbocycles. The summed E-state index contributed by atoms with van der Waals surface area (Å²) in [5.41, 5.74) is 10.4. The SMILES string of the molecule is CC(C)[C@H](NC(=O)OC(C)(C)C)C(=O)N1CCC[C@H]1C(=O)N[C@@H](CCCN=C(N)N)C(=O)N(C)C(=O)C=Cc1ccccc1O. The van der Waals surface area contributed by atoms with Gasteiger partial charge in [0.1, 0.15) is 29.5 Å². The van der Waals surface area contributed by atoms with E-state index in [4.69, 9.17) is 16.2 Å². The van der Waals surface area contributed by atoms with Crippen LogP contribution in [0.3, 0.4) is 0 Å². The number of nitrogens with one attached hydrogen (secondary N) is 2. The average molecular weight is 630 g/mol. The number of aromatic hydroxyl groups is 1. The van der Waals surface area contributed by atoms with Crippen molar-refractivity contribution in [1.29, 1.82) is 0 Å². The smallest absolute Gasteiger partial charge is 0.408 e. The minimum Gasteiger partial charge on any atom is -0.507 e. The van der Waals surface area contributed by atoms with Crippen LogP contribution in [-0.4, -0.2) is 94.5 Å². The molecule has 0 saturated carbocycles. The lowest BCUT2D eigenvalue weighted by molar-refractivity contribution is -0.145. The molecule has 2 rings (SSSR count). The van der Waals surface area contributed by atoms with Crippen LogP contribution in [0, 0.1) is 5.92 Å². The number of nitrogens with zero attached hydrogens (tertiary/aromatic N) is 3. The topological polar surface area (TPSA) is 210 Å². The van der Waals surface area contributed by atoms with Crippen molar-refractivity contribution >= 4 is 41.8 Å². The molecule has 1 saturated heterocycles. The van der Waals surface area contributed by atoms with E-state index >= 15 is 0 Å². The van der Waals surface area contributed by atoms with Crippen LogP contribution in [0.2, 0.25) is 0 Å². The Morgan fingerprint density at radius 3 is 2.42 bits per heavy atom. The molecule has 0 radical (unpaired) electrons. The fraction of sp³-hybridized carbons (Fsp3) is 0.548. The monoisotopic (exact) mass is 629 g/mol. The lowest BCUT2D eigenvalue weighted by atomic mass is 10.0. The van der Waals surface area contributed by atoms with Crippen LogP contribution in [0.5, 0.6) is 5.75 Å². The number of ether oxygens (including phenoxy) is 1. The molecule has 1 aliphatic heterocycles. The molecule has 0 aromatic heterocycles. The molecule has 1 heterocycles. The molecule has 1 aliphatic rings. The molecule has 0 unspecified atom stereocenters. The van der Waals surface area contributed by atoms with E-state index in [0.717, 1.165) is 11.0 Å². The Morgan fingerprint density at radius 2 is 1.82 bits per heavy atom. The van der Waals surface area contributed by atoms with Crippen molar-refractivity contribution in [3.63, 3.8) is 0 Å². The summed E-state index contributed by atoms with van der Waals surface area (Å²) in [6, 6.07) is 3.44. The van der Waals surface area contributed by atoms with Gasteiger partial charge in [-0.15, -0.1) is 0 Å². The van der Waals surface area contributed by atoms with Crippen molar-refractivity contribution in [2.75, 3.05) is 20.1 Å². The predicted octanol–water partition coefficient (Wildman–Crippen LogP) is 1.47. The number of guanidine groups is 1. The zero-order valence-corrected chi connectivity index (χ0v) is 26.9. The Kier molecular flexibility index (Phi) is 13.4. The Bertz CT molecular complexity index is 1290. The molecule has 5 amide bonds. The number of hydrogen-bond donors (Lipinski definition) is 5. The van der Waals surface area contributed by atoms with Crippen molar-refractivity contribution in [2.45, 2.75) is 84.0 Å². The third-order valence-electron chi connectivity index (χ3n) is 7.01. The molecule has 45 heavy (non-hydrogen) atoms. The second kappa shape index (κ2) is 16.5. The van der Waals surface area contributed by atoms with Crippen molar-refractivity contribution in [3.8, 4) is 5.75 Å². The van der Waals surface area contributed by atoms with Crippen molar-refractivity contribution < 1.29 is 33.8 Å². The van der Waals surface area contributed by atoms with Crippen LogP contribution < -0.4 is 22.1 Å². The number of rotatable bonds is 12. The largest absolute Gasteiger partial charge is 0.507 e. The Labute approximate surface area is 264 Å². The summed E-state index contributed by atoms with van der Waals surface area (Å²) in [4.78, 5) is 72.2. The number of benzene rings is 1. The van der Waals surface area contributed by atoms with Gasteiger partial charge in [-0.1, -0.05) is 32.0 Å². The maximum Gasteiger partial charge on any atom is 0.408 e. The Morgan fingerprint density at radius 1 is 1.16 bits per heavy atom. The number of phenolic OH excluding ortho intramolecular Hbond substituents is 1. The first-order valence-corrected chi connectivity index (χ1v) is 14.9. The van der Waals surface area contributed by atoms with Gasteiger partial charge in [-0.2, -0.15) is 0 Å². The van der Waals surface area contributed by atoms with E-state index in [1.54, 1.807) is 52.8 Å². The lowest BCUT2D eigenvalue weighted by Crippen LogP contribution is -2.57. The van der Waals surface area contributed by atoms with Gasteiger partial charge in [0.2, 0.25) is 11.8 Å². The van der Waals surface area contributed by atoms with Gasteiger partial charge in [-0.05, 0) is 64.5 Å². The van der Waals surface area contributed by atoms with Gasteiger partial charge >= 0.3 is 6.09 Å². The normalized spacial score (nSPS) is 16.2. The molecule has 1 aromatic carbocycles. The average Bonchev–Trinajstić information content (AvgIpc) is 3.45. The van der Waals surface area contributed by atoms with Crippen LogP contribution in [-0.2, 0) is 23.9 Å². The second-order valence-corrected chi connectivity index (χ2v) is 12.2. The molecular formula is C31H47N7O7. The van der Waals surface area contributed by atoms with Gasteiger partial charge in [0.25, 0.3) is 11.8 Å². The first kappa shape index (κ1) is 36.6. The van der Waals surface area contributed by atoms with Crippen LogP contribution in [0.4, 0.5) is 4.79 Å². The number of hydrogen-bond acceptors (Lipinski definition) is 8. The minimum absolute atomic E-state index is 0.0305. The van der Waals surface area contributed by atoms with E-state index in [-0.39, 0.29) is 37.1 Å². The summed E-state index contributed by atoms with van der Waals surface area (Å²) in [7, 11) is 1.29. The molecule has 248 valence electrons. The van der Waals surface area contributed by atoms with Gasteiger partial charge in [0.15, 0.2) is 5.96 Å². The summed E-state index contributed by atoms with van der Waals surface area (Å²) in [5, 5.41) is 15.3. The van der Waals surface area contributed by atoms with Crippen molar-refractivity contribution in [1.82, 2.24) is 20.4 Å². The number of carbonyl (C=O) groups is 5. The fourth-order valence-electron chi connectivity index (χ4n) is 4.70. The van der Waals surface area contributed by atoms with Crippen LogP contribution in [0.25, 0.3) is 6.08 Å². The molecule has 0 bridgehead atoms. The first-order chi connectivity index (χ1) is 21.0. The molecule has 1 fully saturated rings. The number of aliphatic imine (C=N–C) groups is 1. The molecule has 3 atom stereocenters. The quantitative estimate of drug-likeness (QED) is 0.0979. The highest BCUT2D eigenvalue weighted by atomic mass is 16.6. The first-order valence-electron chi connectivity index (χ1n) is 14.9. The maximum absolute atomic E-state index is 13.6. The molecule has 14 heteroatoms. The summed E-state index contributed by atoms with van der Waals surface area (Å²) in [5.74, 6) is -2.80. The van der Waals surface area contributed by atoms with Crippen LogP contribution in [0.1, 0.15) is 65.9 Å². The number of nitrogens with two attached hydrogens (primary N) is 2. The molecule has 0 spiro atoms. The van der Waals surface area contributed by atoms with Gasteiger partial charge in [-0.25, -0.2) is 4.79 Å². The summed E-state index contributed by atoms with van der Waals surface area (Å²) in [6.07, 6.45) is 3.09. The zero-order valence-electron chi connectivity index (χ0n) is 26.9. The number of para-hydroxylation sites is 1. The highest BCUT2D eigenvalue weighted by Crippen LogP contribution is 2.22.